The number of amides is 1. The highest BCUT2D eigenvalue weighted by Crippen LogP contribution is 2.18. The van der Waals surface area contributed by atoms with Crippen molar-refractivity contribution in [2.24, 2.45) is 0 Å². The van der Waals surface area contributed by atoms with Gasteiger partial charge in [-0.2, -0.15) is 0 Å². The first kappa shape index (κ1) is 20.8. The van der Waals surface area contributed by atoms with E-state index in [0.29, 0.717) is 11.6 Å². The highest BCUT2D eigenvalue weighted by atomic mass is 35.5. The second kappa shape index (κ2) is 9.05. The SMILES string of the molecule is CC(NC(=O)c1cccc(S(=O)(=O)NCC2CCCO2)c1)c1ccc(Cl)cc1. The molecule has 2 aromatic carbocycles. The van der Waals surface area contributed by atoms with E-state index in [1.807, 2.05) is 19.1 Å². The lowest BCUT2D eigenvalue weighted by molar-refractivity contribution is 0.0939. The second-order valence-corrected chi connectivity index (χ2v) is 8.96. The summed E-state index contributed by atoms with van der Waals surface area (Å²) in [5, 5.41) is 3.49. The molecule has 2 aromatic rings. The van der Waals surface area contributed by atoms with Crippen LogP contribution in [0.25, 0.3) is 0 Å². The van der Waals surface area contributed by atoms with Crippen LogP contribution in [0.2, 0.25) is 5.02 Å². The van der Waals surface area contributed by atoms with Gasteiger partial charge in [0.15, 0.2) is 0 Å². The smallest absolute Gasteiger partial charge is 0.251 e. The fraction of sp³-hybridized carbons (Fsp3) is 0.350. The van der Waals surface area contributed by atoms with Gasteiger partial charge in [-0.1, -0.05) is 29.8 Å². The van der Waals surface area contributed by atoms with E-state index in [1.165, 1.54) is 12.1 Å². The van der Waals surface area contributed by atoms with Crippen molar-refractivity contribution in [1.82, 2.24) is 10.0 Å². The van der Waals surface area contributed by atoms with Gasteiger partial charge in [0.05, 0.1) is 17.0 Å². The van der Waals surface area contributed by atoms with Crippen LogP contribution in [0.15, 0.2) is 53.4 Å². The first-order valence-electron chi connectivity index (χ1n) is 9.13. The van der Waals surface area contributed by atoms with Gasteiger partial charge < -0.3 is 10.1 Å². The van der Waals surface area contributed by atoms with E-state index in [0.717, 1.165) is 18.4 Å². The van der Waals surface area contributed by atoms with Crippen LogP contribution in [-0.2, 0) is 14.8 Å². The van der Waals surface area contributed by atoms with Crippen LogP contribution in [0.5, 0.6) is 0 Å². The molecule has 0 aromatic heterocycles. The van der Waals surface area contributed by atoms with E-state index in [4.69, 9.17) is 16.3 Å². The number of hydrogen-bond donors (Lipinski definition) is 2. The molecular formula is C20H23ClN2O4S. The van der Waals surface area contributed by atoms with Crippen LogP contribution < -0.4 is 10.0 Å². The average Bonchev–Trinajstić information content (AvgIpc) is 3.21. The molecule has 1 heterocycles. The van der Waals surface area contributed by atoms with Crippen molar-refractivity contribution in [3.63, 3.8) is 0 Å². The van der Waals surface area contributed by atoms with Gasteiger partial charge in [-0.15, -0.1) is 0 Å². The molecule has 2 unspecified atom stereocenters. The molecule has 1 amide bonds. The average molecular weight is 423 g/mol. The van der Waals surface area contributed by atoms with Crippen molar-refractivity contribution in [1.29, 1.82) is 0 Å². The maximum atomic E-state index is 12.6. The minimum absolute atomic E-state index is 0.0530. The first-order chi connectivity index (χ1) is 13.3. The van der Waals surface area contributed by atoms with E-state index < -0.39 is 10.0 Å². The Bertz CT molecular complexity index is 925. The van der Waals surface area contributed by atoms with Crippen LogP contribution in [-0.4, -0.2) is 33.6 Å². The fourth-order valence-corrected chi connectivity index (χ4v) is 4.25. The maximum absolute atomic E-state index is 12.6. The summed E-state index contributed by atoms with van der Waals surface area (Å²) in [6.45, 7) is 2.74. The van der Waals surface area contributed by atoms with E-state index in [2.05, 4.69) is 10.0 Å². The van der Waals surface area contributed by atoms with Crippen molar-refractivity contribution in [3.05, 3.63) is 64.7 Å². The molecule has 6 nitrogen and oxygen atoms in total. The number of rotatable bonds is 7. The number of ether oxygens (including phenoxy) is 1. The lowest BCUT2D eigenvalue weighted by Crippen LogP contribution is -2.32. The number of nitrogens with one attached hydrogen (secondary N) is 2. The number of carbonyl (C=O) groups excluding carboxylic acids is 1. The largest absolute Gasteiger partial charge is 0.377 e. The van der Waals surface area contributed by atoms with Crippen LogP contribution in [0.3, 0.4) is 0 Å². The topological polar surface area (TPSA) is 84.5 Å². The molecule has 1 fully saturated rings. The summed E-state index contributed by atoms with van der Waals surface area (Å²) in [6, 6.07) is 12.9. The zero-order chi connectivity index (χ0) is 20.1. The van der Waals surface area contributed by atoms with Gasteiger partial charge in [-0.25, -0.2) is 13.1 Å². The molecule has 0 radical (unpaired) electrons. The van der Waals surface area contributed by atoms with E-state index in [9.17, 15) is 13.2 Å². The molecule has 0 spiro atoms. The number of benzene rings is 2. The molecule has 2 atom stereocenters. The molecule has 0 bridgehead atoms. The monoisotopic (exact) mass is 422 g/mol. The normalized spacial score (nSPS) is 18.0. The maximum Gasteiger partial charge on any atom is 0.251 e. The van der Waals surface area contributed by atoms with Crippen LogP contribution in [0, 0.1) is 0 Å². The lowest BCUT2D eigenvalue weighted by Gasteiger charge is -2.15. The van der Waals surface area contributed by atoms with Gasteiger partial charge in [0.1, 0.15) is 0 Å². The number of sulfonamides is 1. The first-order valence-corrected chi connectivity index (χ1v) is 11.0. The Morgan fingerprint density at radius 3 is 2.68 bits per heavy atom. The summed E-state index contributed by atoms with van der Waals surface area (Å²) >= 11 is 5.89. The van der Waals surface area contributed by atoms with E-state index in [-0.39, 0.29) is 35.1 Å². The third kappa shape index (κ3) is 5.32. The third-order valence-electron chi connectivity index (χ3n) is 4.65. The van der Waals surface area contributed by atoms with Crippen molar-refractivity contribution >= 4 is 27.5 Å². The highest BCUT2D eigenvalue weighted by molar-refractivity contribution is 7.89. The Kier molecular flexibility index (Phi) is 6.72. The summed E-state index contributed by atoms with van der Waals surface area (Å²) in [5.41, 5.74) is 1.18. The van der Waals surface area contributed by atoms with Gasteiger partial charge in [-0.3, -0.25) is 4.79 Å². The second-order valence-electron chi connectivity index (χ2n) is 6.76. The van der Waals surface area contributed by atoms with Crippen LogP contribution in [0.1, 0.15) is 41.7 Å². The molecule has 150 valence electrons. The Morgan fingerprint density at radius 1 is 1.25 bits per heavy atom. The van der Waals surface area contributed by atoms with Crippen molar-refractivity contribution in [3.8, 4) is 0 Å². The van der Waals surface area contributed by atoms with Gasteiger partial charge in [0.25, 0.3) is 5.91 Å². The van der Waals surface area contributed by atoms with Crippen LogP contribution in [0.4, 0.5) is 0 Å². The molecular weight excluding hydrogens is 400 g/mol. The summed E-state index contributed by atoms with van der Waals surface area (Å²) < 4.78 is 33.1. The Hall–Kier alpha value is -1.93. The fourth-order valence-electron chi connectivity index (χ4n) is 3.01. The number of halogens is 1. The third-order valence-corrected chi connectivity index (χ3v) is 6.32. The van der Waals surface area contributed by atoms with Gasteiger partial charge in [0.2, 0.25) is 10.0 Å². The highest BCUT2D eigenvalue weighted by Gasteiger charge is 2.21. The standard InChI is InChI=1S/C20H23ClN2O4S/c1-14(15-7-9-17(21)10-8-15)23-20(24)16-4-2-6-19(12-16)28(25,26)22-13-18-5-3-11-27-18/h2,4,6-10,12,14,18,22H,3,5,11,13H2,1H3,(H,23,24). The zero-order valence-electron chi connectivity index (χ0n) is 15.5. The zero-order valence-corrected chi connectivity index (χ0v) is 17.1. The Morgan fingerprint density at radius 2 is 2.00 bits per heavy atom. The van der Waals surface area contributed by atoms with Gasteiger partial charge in [0, 0.05) is 23.7 Å². The molecule has 3 rings (SSSR count). The van der Waals surface area contributed by atoms with Crippen LogP contribution >= 0.6 is 11.6 Å². The van der Waals surface area contributed by atoms with Crippen molar-refractivity contribution in [2.45, 2.75) is 36.8 Å². The molecule has 28 heavy (non-hydrogen) atoms. The minimum Gasteiger partial charge on any atom is -0.377 e. The summed E-state index contributed by atoms with van der Waals surface area (Å²) in [6.07, 6.45) is 1.68. The van der Waals surface area contributed by atoms with Gasteiger partial charge >= 0.3 is 0 Å². The molecule has 0 aliphatic carbocycles. The summed E-state index contributed by atoms with van der Waals surface area (Å²) in [5.74, 6) is -0.348. The summed E-state index contributed by atoms with van der Waals surface area (Å²) in [4.78, 5) is 12.6. The van der Waals surface area contributed by atoms with Crippen molar-refractivity contribution < 1.29 is 17.9 Å². The molecule has 1 aliphatic heterocycles. The Labute approximate surface area is 170 Å². The molecule has 2 N–H and O–H groups in total. The van der Waals surface area contributed by atoms with Crippen molar-refractivity contribution in [2.75, 3.05) is 13.2 Å². The molecule has 0 saturated carbocycles. The molecule has 1 saturated heterocycles. The quantitative estimate of drug-likeness (QED) is 0.717. The van der Waals surface area contributed by atoms with Gasteiger partial charge in [-0.05, 0) is 55.7 Å². The molecule has 8 heteroatoms. The summed E-state index contributed by atoms with van der Waals surface area (Å²) in [7, 11) is -3.71. The minimum atomic E-state index is -3.71. The van der Waals surface area contributed by atoms with E-state index >= 15 is 0 Å². The Balaban J connectivity index is 1.67. The molecule has 1 aliphatic rings. The van der Waals surface area contributed by atoms with E-state index in [1.54, 1.807) is 24.3 Å². The number of carbonyl (C=O) groups is 1. The predicted molar refractivity (Wildman–Crippen MR) is 108 cm³/mol. The predicted octanol–water partition coefficient (Wildman–Crippen LogP) is 3.29. The number of hydrogen-bond acceptors (Lipinski definition) is 4. The lowest BCUT2D eigenvalue weighted by atomic mass is 10.1.